The van der Waals surface area contributed by atoms with Crippen LogP contribution in [0.25, 0.3) is 6.08 Å². The number of carboxylic acids is 1. The molecule has 102 valence electrons. The van der Waals surface area contributed by atoms with Crippen LogP contribution in [0.1, 0.15) is 17.2 Å². The number of hydrogen-bond acceptors (Lipinski definition) is 6. The van der Waals surface area contributed by atoms with Crippen molar-refractivity contribution in [3.63, 3.8) is 0 Å². The van der Waals surface area contributed by atoms with Crippen molar-refractivity contribution in [1.82, 2.24) is 20.1 Å². The van der Waals surface area contributed by atoms with Gasteiger partial charge in [-0.2, -0.15) is 5.10 Å². The number of hydrogen-bond donors (Lipinski definition) is 1. The van der Waals surface area contributed by atoms with Gasteiger partial charge < -0.3 is 5.11 Å². The van der Waals surface area contributed by atoms with E-state index in [-0.39, 0.29) is 17.0 Å². The molecule has 0 aromatic carbocycles. The zero-order valence-electron chi connectivity index (χ0n) is 10.7. The summed E-state index contributed by atoms with van der Waals surface area (Å²) in [6.45, 7) is 3.62. The highest BCUT2D eigenvalue weighted by Gasteiger charge is 2.49. The Hall–Kier alpha value is -2.22. The maximum Gasteiger partial charge on any atom is 0.353 e. The minimum Gasteiger partial charge on any atom is -0.477 e. The number of β-lactam (4-membered cyclic amide) rings is 1. The first-order valence-electron chi connectivity index (χ1n) is 5.81. The van der Waals surface area contributed by atoms with Crippen LogP contribution < -0.4 is 0 Å². The second-order valence-corrected chi connectivity index (χ2v) is 5.37. The molecule has 2 aliphatic rings. The molecule has 8 heteroatoms. The molecule has 1 atom stereocenters. The molecular formula is C12H10N4O3S. The molecule has 0 aliphatic carbocycles. The molecule has 7 nitrogen and oxygen atoms in total. The molecule has 0 radical (unpaired) electrons. The standard InChI is InChI=1S/C12H10N4O3S/c1-5-6(2)14-15-9(13-5)3-7-10(17)16-8(12(18)19)4-20-11(7)16/h3-4,11H,1-2H3,(H,18,19)/t11-/m0/s1. The van der Waals surface area contributed by atoms with Gasteiger partial charge in [0.1, 0.15) is 11.1 Å². The van der Waals surface area contributed by atoms with Crippen molar-refractivity contribution in [2.45, 2.75) is 19.2 Å². The molecule has 1 aromatic heterocycles. The first-order chi connectivity index (χ1) is 9.49. The summed E-state index contributed by atoms with van der Waals surface area (Å²) in [6, 6.07) is 0. The SMILES string of the molecule is Cc1nnc(C=C2C(=O)N3C(C(=O)O)=CS[C@@H]23)nc1C. The molecule has 1 aromatic rings. The summed E-state index contributed by atoms with van der Waals surface area (Å²) in [4.78, 5) is 28.4. The van der Waals surface area contributed by atoms with E-state index in [1.165, 1.54) is 22.1 Å². The predicted octanol–water partition coefficient (Wildman–Crippen LogP) is 0.713. The number of carbonyl (C=O) groups is 2. The lowest BCUT2D eigenvalue weighted by Gasteiger charge is -2.36. The van der Waals surface area contributed by atoms with Crippen molar-refractivity contribution < 1.29 is 14.7 Å². The Morgan fingerprint density at radius 2 is 2.15 bits per heavy atom. The van der Waals surface area contributed by atoms with Gasteiger partial charge >= 0.3 is 5.97 Å². The number of nitrogens with zero attached hydrogens (tertiary/aromatic N) is 4. The highest BCUT2D eigenvalue weighted by atomic mass is 32.2. The monoisotopic (exact) mass is 290 g/mol. The summed E-state index contributed by atoms with van der Waals surface area (Å²) in [6.07, 6.45) is 1.56. The van der Waals surface area contributed by atoms with Gasteiger partial charge in [0.05, 0.1) is 17.0 Å². The number of thioether (sulfide) groups is 1. The number of aliphatic carboxylic acids is 1. The summed E-state index contributed by atoms with van der Waals surface area (Å²) in [5.74, 6) is -1.06. The van der Waals surface area contributed by atoms with E-state index in [1.807, 2.05) is 6.92 Å². The second kappa shape index (κ2) is 4.41. The number of aryl methyl sites for hydroxylation is 2. The number of amides is 1. The number of rotatable bonds is 2. The van der Waals surface area contributed by atoms with E-state index in [4.69, 9.17) is 5.11 Å². The van der Waals surface area contributed by atoms with Gasteiger partial charge in [-0.25, -0.2) is 9.78 Å². The Morgan fingerprint density at radius 3 is 2.80 bits per heavy atom. The van der Waals surface area contributed by atoms with Gasteiger partial charge in [-0.05, 0) is 19.9 Å². The van der Waals surface area contributed by atoms with Gasteiger partial charge in [0.25, 0.3) is 5.91 Å². The summed E-state index contributed by atoms with van der Waals surface area (Å²) in [5, 5.41) is 18.0. The second-order valence-electron chi connectivity index (χ2n) is 4.41. The highest BCUT2D eigenvalue weighted by Crippen LogP contribution is 2.44. The van der Waals surface area contributed by atoms with Crippen LogP contribution in [0.4, 0.5) is 0 Å². The highest BCUT2D eigenvalue weighted by molar-refractivity contribution is 8.03. The molecule has 0 unspecified atom stereocenters. The molecule has 2 aliphatic heterocycles. The van der Waals surface area contributed by atoms with Crippen molar-refractivity contribution in [3.05, 3.63) is 33.9 Å². The number of carboxylic acid groups (broad SMARTS) is 1. The summed E-state index contributed by atoms with van der Waals surface area (Å²) < 4.78 is 0. The maximum atomic E-state index is 12.0. The smallest absolute Gasteiger partial charge is 0.353 e. The molecule has 3 rings (SSSR count). The van der Waals surface area contributed by atoms with E-state index in [0.29, 0.717) is 11.4 Å². The fraction of sp³-hybridized carbons (Fsp3) is 0.250. The van der Waals surface area contributed by atoms with Crippen LogP contribution in [0.5, 0.6) is 0 Å². The topological polar surface area (TPSA) is 96.3 Å². The third-order valence-electron chi connectivity index (χ3n) is 3.15. The first kappa shape index (κ1) is 12.8. The fourth-order valence-corrected chi connectivity index (χ4v) is 3.06. The summed E-state index contributed by atoms with van der Waals surface area (Å²) in [5.41, 5.74) is 1.99. The number of aromatic nitrogens is 3. The third-order valence-corrected chi connectivity index (χ3v) is 4.23. The lowest BCUT2D eigenvalue weighted by Crippen LogP contribution is -2.51. The summed E-state index contributed by atoms with van der Waals surface area (Å²) >= 11 is 1.28. The summed E-state index contributed by atoms with van der Waals surface area (Å²) in [7, 11) is 0. The van der Waals surface area contributed by atoms with Crippen LogP contribution in [0.2, 0.25) is 0 Å². The maximum absolute atomic E-state index is 12.0. The predicted molar refractivity (Wildman–Crippen MR) is 71.2 cm³/mol. The molecule has 3 heterocycles. The van der Waals surface area contributed by atoms with Crippen molar-refractivity contribution in [3.8, 4) is 0 Å². The molecule has 1 fully saturated rings. The van der Waals surface area contributed by atoms with Gasteiger partial charge in [0, 0.05) is 5.41 Å². The van der Waals surface area contributed by atoms with Crippen molar-refractivity contribution in [1.29, 1.82) is 0 Å². The Morgan fingerprint density at radius 1 is 1.40 bits per heavy atom. The van der Waals surface area contributed by atoms with E-state index >= 15 is 0 Å². The van der Waals surface area contributed by atoms with Crippen LogP contribution >= 0.6 is 11.8 Å². The molecule has 20 heavy (non-hydrogen) atoms. The molecule has 0 spiro atoms. The fourth-order valence-electron chi connectivity index (χ4n) is 1.94. The van der Waals surface area contributed by atoms with E-state index in [2.05, 4.69) is 15.2 Å². The Labute approximate surface area is 118 Å². The molecule has 0 bridgehead atoms. The van der Waals surface area contributed by atoms with E-state index in [1.54, 1.807) is 13.0 Å². The van der Waals surface area contributed by atoms with Crippen molar-refractivity contribution >= 4 is 29.7 Å². The molecular weight excluding hydrogens is 280 g/mol. The van der Waals surface area contributed by atoms with E-state index in [9.17, 15) is 9.59 Å². The Kier molecular flexibility index (Phi) is 2.82. The minimum atomic E-state index is -1.10. The Bertz CT molecular complexity index is 698. The van der Waals surface area contributed by atoms with Crippen LogP contribution in [-0.2, 0) is 9.59 Å². The minimum absolute atomic E-state index is 0.0151. The van der Waals surface area contributed by atoms with Crippen molar-refractivity contribution in [2.75, 3.05) is 0 Å². The normalized spacial score (nSPS) is 22.6. The Balaban J connectivity index is 1.88. The van der Waals surface area contributed by atoms with Crippen LogP contribution in [-0.4, -0.2) is 42.4 Å². The van der Waals surface area contributed by atoms with Crippen LogP contribution in [0.15, 0.2) is 16.7 Å². The van der Waals surface area contributed by atoms with Gasteiger partial charge in [0.2, 0.25) is 0 Å². The van der Waals surface area contributed by atoms with Crippen LogP contribution in [0, 0.1) is 13.8 Å². The average molecular weight is 290 g/mol. The first-order valence-corrected chi connectivity index (χ1v) is 6.75. The lowest BCUT2D eigenvalue weighted by atomic mass is 10.0. The van der Waals surface area contributed by atoms with Crippen LogP contribution in [0.3, 0.4) is 0 Å². The number of carbonyl (C=O) groups excluding carboxylic acids is 1. The van der Waals surface area contributed by atoms with E-state index < -0.39 is 5.97 Å². The van der Waals surface area contributed by atoms with Gasteiger partial charge in [-0.15, -0.1) is 16.9 Å². The van der Waals surface area contributed by atoms with Gasteiger partial charge in [-0.1, -0.05) is 0 Å². The van der Waals surface area contributed by atoms with E-state index in [0.717, 1.165) is 11.4 Å². The molecule has 1 amide bonds. The molecule has 0 saturated carbocycles. The third kappa shape index (κ3) is 1.80. The largest absolute Gasteiger partial charge is 0.477 e. The lowest BCUT2D eigenvalue weighted by molar-refractivity contribution is -0.141. The van der Waals surface area contributed by atoms with Gasteiger partial charge in [-0.3, -0.25) is 9.69 Å². The molecule has 1 N–H and O–H groups in total. The average Bonchev–Trinajstić information content (AvgIpc) is 2.80. The quantitative estimate of drug-likeness (QED) is 0.633. The zero-order chi connectivity index (χ0) is 14.4. The zero-order valence-corrected chi connectivity index (χ0v) is 11.5. The molecule has 1 saturated heterocycles. The van der Waals surface area contributed by atoms with Crippen molar-refractivity contribution in [2.24, 2.45) is 0 Å². The van der Waals surface area contributed by atoms with Gasteiger partial charge in [0.15, 0.2) is 5.82 Å². The number of fused-ring (bicyclic) bond motifs is 1.